The average Bonchev–Trinajstić information content (AvgIpc) is 2.16. The molecule has 1 rings (SSSR count). The third-order valence-electron chi connectivity index (χ3n) is 1.97. The first kappa shape index (κ1) is 11.7. The molecule has 0 spiro atoms. The van der Waals surface area contributed by atoms with Crippen molar-refractivity contribution in [3.8, 4) is 0 Å². The first-order valence-electron chi connectivity index (χ1n) is 4.26. The zero-order valence-electron chi connectivity index (χ0n) is 8.44. The van der Waals surface area contributed by atoms with E-state index < -0.39 is 11.0 Å². The summed E-state index contributed by atoms with van der Waals surface area (Å²) in [6, 6.07) is 4.57. The molecule has 1 atom stereocenters. The molecular formula is C10H11NO3S. The van der Waals surface area contributed by atoms with Crippen LogP contribution in [0.3, 0.4) is 0 Å². The van der Waals surface area contributed by atoms with Gasteiger partial charge in [-0.25, -0.2) is 9.35 Å². The second-order valence-corrected chi connectivity index (χ2v) is 4.12. The Morgan fingerprint density at radius 2 is 1.80 bits per heavy atom. The van der Waals surface area contributed by atoms with Crippen LogP contribution in [0.4, 0.5) is 0 Å². The summed E-state index contributed by atoms with van der Waals surface area (Å²) >= 11 is 0. The molecule has 0 bridgehead atoms. The van der Waals surface area contributed by atoms with Crippen LogP contribution >= 0.6 is 0 Å². The van der Waals surface area contributed by atoms with Crippen molar-refractivity contribution in [1.82, 2.24) is 0 Å². The molecule has 0 aliphatic rings. The van der Waals surface area contributed by atoms with Gasteiger partial charge in [-0.3, -0.25) is 9.59 Å². The highest BCUT2D eigenvalue weighted by atomic mass is 32.2. The normalized spacial score (nSPS) is 12.2. The Morgan fingerprint density at radius 1 is 1.20 bits per heavy atom. The molecule has 0 radical (unpaired) electrons. The van der Waals surface area contributed by atoms with Gasteiger partial charge in [-0.2, -0.15) is 0 Å². The Labute approximate surface area is 90.1 Å². The van der Waals surface area contributed by atoms with E-state index in [0.29, 0.717) is 0 Å². The van der Waals surface area contributed by atoms with E-state index in [0.717, 1.165) is 0 Å². The van der Waals surface area contributed by atoms with Gasteiger partial charge in [-0.05, 0) is 19.9 Å². The van der Waals surface area contributed by atoms with E-state index in [1.807, 2.05) is 0 Å². The molecule has 1 aromatic rings. The molecule has 0 saturated heterocycles. The zero-order valence-corrected chi connectivity index (χ0v) is 9.26. The molecule has 1 aromatic carbocycles. The number of Topliss-reactive ketones (excluding diaryl/α,β-unsaturated/α-hetero) is 2. The molecule has 0 aliphatic heterocycles. The van der Waals surface area contributed by atoms with Gasteiger partial charge >= 0.3 is 0 Å². The van der Waals surface area contributed by atoms with Crippen molar-refractivity contribution in [3.63, 3.8) is 0 Å². The summed E-state index contributed by atoms with van der Waals surface area (Å²) in [4.78, 5) is 22.8. The Bertz CT molecular complexity index is 422. The molecule has 0 aliphatic carbocycles. The standard InChI is InChI=1S/C10H11NO3S/c1-6(12)8-4-3-5-9(15(11)14)10(8)7(2)13/h3-5H,11H2,1-2H3. The second-order valence-electron chi connectivity index (χ2n) is 3.09. The average molecular weight is 225 g/mol. The van der Waals surface area contributed by atoms with E-state index in [4.69, 9.17) is 5.14 Å². The van der Waals surface area contributed by atoms with Gasteiger partial charge in [-0.1, -0.05) is 12.1 Å². The van der Waals surface area contributed by atoms with E-state index in [1.165, 1.54) is 26.0 Å². The topological polar surface area (TPSA) is 77.2 Å². The van der Waals surface area contributed by atoms with Gasteiger partial charge in [0.1, 0.15) is 11.0 Å². The monoisotopic (exact) mass is 225 g/mol. The first-order chi connectivity index (χ1) is 6.95. The number of benzene rings is 1. The van der Waals surface area contributed by atoms with Crippen LogP contribution < -0.4 is 5.14 Å². The third kappa shape index (κ3) is 2.37. The summed E-state index contributed by atoms with van der Waals surface area (Å²) < 4.78 is 11.2. The van der Waals surface area contributed by atoms with Crippen molar-refractivity contribution in [1.29, 1.82) is 0 Å². The van der Waals surface area contributed by atoms with E-state index in [-0.39, 0.29) is 27.6 Å². The number of hydrogen-bond acceptors (Lipinski definition) is 3. The molecule has 5 heteroatoms. The predicted octanol–water partition coefficient (Wildman–Crippen LogP) is 1.07. The molecule has 15 heavy (non-hydrogen) atoms. The Morgan fingerprint density at radius 3 is 2.20 bits per heavy atom. The summed E-state index contributed by atoms with van der Waals surface area (Å²) in [5.41, 5.74) is 0.421. The fourth-order valence-corrected chi connectivity index (χ4v) is 2.02. The van der Waals surface area contributed by atoms with Gasteiger partial charge < -0.3 is 0 Å². The zero-order chi connectivity index (χ0) is 11.6. The number of carbonyl (C=O) groups is 2. The molecule has 0 fully saturated rings. The fraction of sp³-hybridized carbons (Fsp3) is 0.200. The fourth-order valence-electron chi connectivity index (χ4n) is 1.36. The van der Waals surface area contributed by atoms with Crippen LogP contribution in [-0.4, -0.2) is 15.8 Å². The van der Waals surface area contributed by atoms with Crippen LogP contribution in [-0.2, 0) is 11.0 Å². The summed E-state index contributed by atoms with van der Waals surface area (Å²) in [6.45, 7) is 2.67. The quantitative estimate of drug-likeness (QED) is 0.782. The molecule has 1 unspecified atom stereocenters. The number of carbonyl (C=O) groups excluding carboxylic acids is 2. The molecule has 0 amide bonds. The highest BCUT2D eigenvalue weighted by molar-refractivity contribution is 7.82. The highest BCUT2D eigenvalue weighted by Crippen LogP contribution is 2.18. The lowest BCUT2D eigenvalue weighted by Gasteiger charge is -2.07. The second kappa shape index (κ2) is 4.46. The van der Waals surface area contributed by atoms with Crippen LogP contribution in [0, 0.1) is 0 Å². The number of nitrogens with two attached hydrogens (primary N) is 1. The van der Waals surface area contributed by atoms with Crippen LogP contribution in [0.5, 0.6) is 0 Å². The maximum Gasteiger partial charge on any atom is 0.161 e. The summed E-state index contributed by atoms with van der Waals surface area (Å²) in [7, 11) is -1.76. The minimum absolute atomic E-state index is 0.158. The van der Waals surface area contributed by atoms with Crippen molar-refractivity contribution in [2.24, 2.45) is 5.14 Å². The highest BCUT2D eigenvalue weighted by Gasteiger charge is 2.17. The van der Waals surface area contributed by atoms with Crippen LogP contribution in [0.1, 0.15) is 34.6 Å². The molecule has 80 valence electrons. The molecular weight excluding hydrogens is 214 g/mol. The van der Waals surface area contributed by atoms with Crippen LogP contribution in [0.2, 0.25) is 0 Å². The van der Waals surface area contributed by atoms with Gasteiger partial charge in [0.05, 0.1) is 4.90 Å². The lowest BCUT2D eigenvalue weighted by molar-refractivity contribution is 0.0978. The van der Waals surface area contributed by atoms with E-state index in [9.17, 15) is 13.8 Å². The number of ketones is 2. The van der Waals surface area contributed by atoms with Gasteiger partial charge in [0.25, 0.3) is 0 Å². The number of hydrogen-bond donors (Lipinski definition) is 1. The van der Waals surface area contributed by atoms with Crippen molar-refractivity contribution < 1.29 is 13.8 Å². The lowest BCUT2D eigenvalue weighted by Crippen LogP contribution is -2.13. The number of rotatable bonds is 3. The summed E-state index contributed by atoms with van der Waals surface area (Å²) in [5, 5.41) is 5.23. The molecule has 0 saturated carbocycles. The molecule has 0 aromatic heterocycles. The van der Waals surface area contributed by atoms with Gasteiger partial charge in [-0.15, -0.1) is 0 Å². The van der Waals surface area contributed by atoms with E-state index in [1.54, 1.807) is 6.07 Å². The molecule has 2 N–H and O–H groups in total. The van der Waals surface area contributed by atoms with Crippen molar-refractivity contribution in [2.75, 3.05) is 0 Å². The van der Waals surface area contributed by atoms with E-state index >= 15 is 0 Å². The molecule has 4 nitrogen and oxygen atoms in total. The third-order valence-corrected chi connectivity index (χ3v) is 2.75. The van der Waals surface area contributed by atoms with Crippen LogP contribution in [0.25, 0.3) is 0 Å². The minimum Gasteiger partial charge on any atom is -0.294 e. The van der Waals surface area contributed by atoms with Crippen molar-refractivity contribution in [3.05, 3.63) is 29.3 Å². The van der Waals surface area contributed by atoms with Gasteiger partial charge in [0.2, 0.25) is 0 Å². The Kier molecular flexibility index (Phi) is 3.49. The van der Waals surface area contributed by atoms with Crippen molar-refractivity contribution in [2.45, 2.75) is 18.7 Å². The smallest absolute Gasteiger partial charge is 0.161 e. The van der Waals surface area contributed by atoms with E-state index in [2.05, 4.69) is 0 Å². The summed E-state index contributed by atoms with van der Waals surface area (Å²) in [6.07, 6.45) is 0. The maximum absolute atomic E-state index is 11.4. The SMILES string of the molecule is CC(=O)c1cccc(S(N)=O)c1C(C)=O. The Balaban J connectivity index is 3.56. The van der Waals surface area contributed by atoms with Gasteiger partial charge in [0, 0.05) is 11.1 Å². The predicted molar refractivity (Wildman–Crippen MR) is 57.0 cm³/mol. The summed E-state index contributed by atoms with van der Waals surface area (Å²) in [5.74, 6) is -0.554. The van der Waals surface area contributed by atoms with Crippen LogP contribution in [0.15, 0.2) is 23.1 Å². The lowest BCUT2D eigenvalue weighted by atomic mass is 10.0. The maximum atomic E-state index is 11.4. The Hall–Kier alpha value is -1.33. The first-order valence-corrected chi connectivity index (χ1v) is 5.47. The largest absolute Gasteiger partial charge is 0.294 e. The van der Waals surface area contributed by atoms with Gasteiger partial charge in [0.15, 0.2) is 11.6 Å². The minimum atomic E-state index is -1.76. The van der Waals surface area contributed by atoms with Crippen molar-refractivity contribution >= 4 is 22.6 Å². The molecule has 0 heterocycles.